The van der Waals surface area contributed by atoms with Gasteiger partial charge in [-0.2, -0.15) is 4.31 Å². The van der Waals surface area contributed by atoms with Crippen LogP contribution in [0.1, 0.15) is 35.1 Å². The molecule has 1 heterocycles. The Kier molecular flexibility index (Phi) is 6.53. The molecule has 2 aromatic rings. The van der Waals surface area contributed by atoms with Crippen LogP contribution in [0.3, 0.4) is 0 Å². The first-order valence-corrected chi connectivity index (χ1v) is 11.6. The minimum atomic E-state index is -3.76. The maximum absolute atomic E-state index is 13.3. The van der Waals surface area contributed by atoms with Crippen molar-refractivity contribution >= 4 is 21.6 Å². The lowest BCUT2D eigenvalue weighted by Crippen LogP contribution is -2.43. The number of aryl methyl sites for hydroxylation is 4. The van der Waals surface area contributed by atoms with Crippen LogP contribution < -0.4 is 10.1 Å². The van der Waals surface area contributed by atoms with Crippen molar-refractivity contribution in [2.45, 2.75) is 45.4 Å². The molecule has 3 rings (SSSR count). The van der Waals surface area contributed by atoms with E-state index in [1.165, 1.54) is 11.4 Å². The van der Waals surface area contributed by atoms with E-state index in [9.17, 15) is 13.2 Å². The van der Waals surface area contributed by atoms with Gasteiger partial charge in [-0.15, -0.1) is 0 Å². The van der Waals surface area contributed by atoms with Gasteiger partial charge in [-0.1, -0.05) is 23.8 Å². The number of nitrogens with zero attached hydrogens (tertiary/aromatic N) is 1. The Hall–Kier alpha value is -2.38. The fraction of sp³-hybridized carbons (Fsp3) is 0.435. The summed E-state index contributed by atoms with van der Waals surface area (Å²) < 4.78 is 33.3. The van der Waals surface area contributed by atoms with Gasteiger partial charge in [0.15, 0.2) is 0 Å². The van der Waals surface area contributed by atoms with E-state index in [-0.39, 0.29) is 17.3 Å². The van der Waals surface area contributed by atoms with Gasteiger partial charge in [-0.05, 0) is 69.4 Å². The van der Waals surface area contributed by atoms with E-state index in [1.807, 2.05) is 45.9 Å². The lowest BCUT2D eigenvalue weighted by atomic mass is 9.98. The fourth-order valence-corrected chi connectivity index (χ4v) is 5.87. The van der Waals surface area contributed by atoms with E-state index in [4.69, 9.17) is 4.74 Å². The highest BCUT2D eigenvalue weighted by atomic mass is 32.2. The van der Waals surface area contributed by atoms with E-state index >= 15 is 0 Å². The summed E-state index contributed by atoms with van der Waals surface area (Å²) in [5, 5.41) is 3.03. The summed E-state index contributed by atoms with van der Waals surface area (Å²) in [7, 11) is -2.30. The predicted octanol–water partition coefficient (Wildman–Crippen LogP) is 3.97. The summed E-state index contributed by atoms with van der Waals surface area (Å²) in [5.41, 5.74) is 4.80. The summed E-state index contributed by atoms with van der Waals surface area (Å²) in [5.74, 6) is -0.219. The highest BCUT2D eigenvalue weighted by molar-refractivity contribution is 7.89. The summed E-state index contributed by atoms with van der Waals surface area (Å²) in [6, 6.07) is 9.17. The lowest BCUT2D eigenvalue weighted by Gasteiger charge is -2.32. The molecule has 1 N–H and O–H groups in total. The van der Waals surface area contributed by atoms with E-state index in [1.54, 1.807) is 12.1 Å². The number of rotatable bonds is 5. The summed E-state index contributed by atoms with van der Waals surface area (Å²) in [4.78, 5) is 13.1. The number of nitrogens with one attached hydrogen (secondary N) is 1. The predicted molar refractivity (Wildman–Crippen MR) is 118 cm³/mol. The summed E-state index contributed by atoms with van der Waals surface area (Å²) >= 11 is 0. The number of ether oxygens (including phenoxy) is 1. The Balaban J connectivity index is 1.82. The van der Waals surface area contributed by atoms with Gasteiger partial charge in [-0.3, -0.25) is 4.79 Å². The van der Waals surface area contributed by atoms with Crippen molar-refractivity contribution in [1.82, 2.24) is 4.31 Å². The molecule has 162 valence electrons. The average molecular weight is 431 g/mol. The monoisotopic (exact) mass is 430 g/mol. The van der Waals surface area contributed by atoms with Gasteiger partial charge >= 0.3 is 0 Å². The van der Waals surface area contributed by atoms with Gasteiger partial charge in [0.1, 0.15) is 10.6 Å². The largest absolute Gasteiger partial charge is 0.495 e. The molecule has 1 amide bonds. The third-order valence-corrected chi connectivity index (χ3v) is 7.50. The van der Waals surface area contributed by atoms with Gasteiger partial charge in [-0.25, -0.2) is 8.42 Å². The van der Waals surface area contributed by atoms with Gasteiger partial charge in [0, 0.05) is 18.8 Å². The zero-order chi connectivity index (χ0) is 22.1. The zero-order valence-electron chi connectivity index (χ0n) is 18.3. The molecule has 7 heteroatoms. The van der Waals surface area contributed by atoms with Crippen molar-refractivity contribution in [2.75, 3.05) is 25.5 Å². The minimum Gasteiger partial charge on any atom is -0.495 e. The lowest BCUT2D eigenvalue weighted by molar-refractivity contribution is -0.120. The van der Waals surface area contributed by atoms with Crippen LogP contribution in [0.2, 0.25) is 0 Å². The molecule has 0 spiro atoms. The number of amides is 1. The molecule has 0 unspecified atom stereocenters. The number of sulfonamides is 1. The quantitative estimate of drug-likeness (QED) is 0.779. The second-order valence-electron chi connectivity index (χ2n) is 8.12. The minimum absolute atomic E-state index is 0.138. The highest BCUT2D eigenvalue weighted by Gasteiger charge is 2.35. The third kappa shape index (κ3) is 4.52. The summed E-state index contributed by atoms with van der Waals surface area (Å²) in [6.45, 7) is 8.36. The van der Waals surface area contributed by atoms with Crippen molar-refractivity contribution in [3.63, 3.8) is 0 Å². The molecule has 0 aliphatic carbocycles. The number of hydrogen-bond acceptors (Lipinski definition) is 4. The first-order valence-electron chi connectivity index (χ1n) is 10.2. The number of hydrogen-bond donors (Lipinski definition) is 1. The van der Waals surface area contributed by atoms with E-state index in [0.29, 0.717) is 25.1 Å². The van der Waals surface area contributed by atoms with E-state index < -0.39 is 15.9 Å². The Morgan fingerprint density at radius 2 is 1.73 bits per heavy atom. The molecule has 0 bridgehead atoms. The number of methoxy groups -OCH3 is 1. The van der Waals surface area contributed by atoms with Crippen LogP contribution in [0.15, 0.2) is 35.2 Å². The number of carbonyl (C=O) groups excluding carboxylic acids is 1. The van der Waals surface area contributed by atoms with Crippen LogP contribution in [-0.4, -0.2) is 38.8 Å². The summed E-state index contributed by atoms with van der Waals surface area (Å²) in [6.07, 6.45) is 1.30. The van der Waals surface area contributed by atoms with Crippen LogP contribution in [0, 0.1) is 33.6 Å². The van der Waals surface area contributed by atoms with E-state index in [0.717, 1.165) is 27.9 Å². The van der Waals surface area contributed by atoms with Crippen LogP contribution in [-0.2, 0) is 14.8 Å². The van der Waals surface area contributed by atoms with Crippen molar-refractivity contribution in [1.29, 1.82) is 0 Å². The molecule has 6 nitrogen and oxygen atoms in total. The van der Waals surface area contributed by atoms with Gasteiger partial charge in [0.2, 0.25) is 15.9 Å². The number of benzene rings is 2. The second-order valence-corrected chi connectivity index (χ2v) is 10.0. The molecule has 1 atom stereocenters. The SMILES string of the molecule is COc1ccc(C)cc1S(=O)(=O)N1CCC[C@H](C(=O)Nc2c(C)cc(C)cc2C)C1. The highest BCUT2D eigenvalue weighted by Crippen LogP contribution is 2.31. The Morgan fingerprint density at radius 3 is 2.37 bits per heavy atom. The maximum Gasteiger partial charge on any atom is 0.246 e. The molecule has 1 fully saturated rings. The topological polar surface area (TPSA) is 75.7 Å². The average Bonchev–Trinajstić information content (AvgIpc) is 2.70. The van der Waals surface area contributed by atoms with Gasteiger partial charge in [0.25, 0.3) is 0 Å². The van der Waals surface area contributed by atoms with Crippen molar-refractivity contribution in [2.24, 2.45) is 5.92 Å². The first-order chi connectivity index (χ1) is 14.1. The Morgan fingerprint density at radius 1 is 1.07 bits per heavy atom. The molecule has 1 saturated heterocycles. The number of anilines is 1. The molecule has 30 heavy (non-hydrogen) atoms. The van der Waals surface area contributed by atoms with Crippen LogP contribution >= 0.6 is 0 Å². The fourth-order valence-electron chi connectivity index (χ4n) is 4.10. The van der Waals surface area contributed by atoms with Crippen LogP contribution in [0.4, 0.5) is 5.69 Å². The Bertz CT molecular complexity index is 1040. The second kappa shape index (κ2) is 8.78. The molecule has 0 radical (unpaired) electrons. The smallest absolute Gasteiger partial charge is 0.246 e. The van der Waals surface area contributed by atoms with Crippen molar-refractivity contribution < 1.29 is 17.9 Å². The molecule has 0 aromatic heterocycles. The molecular formula is C23H30N2O4S. The number of piperidine rings is 1. The Labute approximate surface area is 179 Å². The molecule has 2 aromatic carbocycles. The standard InChI is InChI=1S/C23H30N2O4S/c1-15-8-9-20(29-5)21(13-15)30(27,28)25-10-6-7-19(14-25)23(26)24-22-17(3)11-16(2)12-18(22)4/h8-9,11-13,19H,6-7,10,14H2,1-5H3,(H,24,26)/t19-/m0/s1. The molecule has 1 aliphatic heterocycles. The van der Waals surface area contributed by atoms with Gasteiger partial charge in [0.05, 0.1) is 13.0 Å². The van der Waals surface area contributed by atoms with Crippen molar-refractivity contribution in [3.05, 3.63) is 52.6 Å². The van der Waals surface area contributed by atoms with Gasteiger partial charge < -0.3 is 10.1 Å². The van der Waals surface area contributed by atoms with E-state index in [2.05, 4.69) is 5.32 Å². The van der Waals surface area contributed by atoms with Crippen molar-refractivity contribution in [3.8, 4) is 5.75 Å². The zero-order valence-corrected chi connectivity index (χ0v) is 19.1. The first kappa shape index (κ1) is 22.3. The normalized spacial score (nSPS) is 17.6. The molecule has 1 aliphatic rings. The molecule has 0 saturated carbocycles. The van der Waals surface area contributed by atoms with Crippen LogP contribution in [0.5, 0.6) is 5.75 Å². The third-order valence-electron chi connectivity index (χ3n) is 5.62. The molecular weight excluding hydrogens is 400 g/mol. The maximum atomic E-state index is 13.3. The van der Waals surface area contributed by atoms with Crippen LogP contribution in [0.25, 0.3) is 0 Å². The number of carbonyl (C=O) groups is 1.